The van der Waals surface area contributed by atoms with Gasteiger partial charge >= 0.3 is 5.97 Å². The van der Waals surface area contributed by atoms with E-state index >= 15 is 0 Å². The Morgan fingerprint density at radius 3 is 2.30 bits per heavy atom. The van der Waals surface area contributed by atoms with Gasteiger partial charge in [-0.05, 0) is 71.2 Å². The van der Waals surface area contributed by atoms with Crippen LogP contribution in [0.5, 0.6) is 0 Å². The van der Waals surface area contributed by atoms with Crippen LogP contribution in [0.15, 0.2) is 71.4 Å². The number of aldehydes is 1. The molecule has 2 atom stereocenters. The molecule has 2 aromatic carbocycles. The molecule has 0 aliphatic rings. The first-order chi connectivity index (χ1) is 21.4. The number of guanidine groups is 1. The molecule has 9 heteroatoms. The molecule has 0 amide bonds. The molecule has 0 saturated heterocycles. The topological polar surface area (TPSA) is 167 Å². The molecule has 1 aromatic heterocycles. The number of nitrogens with two attached hydrogens (primary N) is 2. The second kappa shape index (κ2) is 19.2. The number of unbranched alkanes of at least 4 members (excludes halogenated alkanes) is 7. The molecule has 0 bridgehead atoms. The third kappa shape index (κ3) is 12.2. The number of aromatic nitrogens is 1. The van der Waals surface area contributed by atoms with Gasteiger partial charge in [0.1, 0.15) is 12.1 Å². The summed E-state index contributed by atoms with van der Waals surface area (Å²) < 4.78 is 0. The monoisotopic (exact) mass is 603 g/mol. The van der Waals surface area contributed by atoms with Crippen LogP contribution in [0, 0.1) is 0 Å². The lowest BCUT2D eigenvalue weighted by Gasteiger charge is -2.25. The summed E-state index contributed by atoms with van der Waals surface area (Å²) in [4.78, 5) is 30.2. The molecular formula is C35H49N5O4. The van der Waals surface area contributed by atoms with Crippen molar-refractivity contribution in [2.75, 3.05) is 18.5 Å². The summed E-state index contributed by atoms with van der Waals surface area (Å²) in [5.74, 6) is -0.0744. The number of carbonyl (C=O) groups is 2. The van der Waals surface area contributed by atoms with Crippen LogP contribution in [0.4, 0.5) is 5.82 Å². The van der Waals surface area contributed by atoms with Gasteiger partial charge in [-0.25, -0.2) is 9.79 Å². The summed E-state index contributed by atoms with van der Waals surface area (Å²) in [7, 11) is 0. The van der Waals surface area contributed by atoms with Crippen LogP contribution in [0.1, 0.15) is 87.7 Å². The predicted molar refractivity (Wildman–Crippen MR) is 179 cm³/mol. The van der Waals surface area contributed by atoms with E-state index in [1.165, 1.54) is 37.3 Å². The number of hydrogen-bond acceptors (Lipinski definition) is 5. The fourth-order valence-electron chi connectivity index (χ4n) is 5.76. The Morgan fingerprint density at radius 2 is 1.64 bits per heavy atom. The summed E-state index contributed by atoms with van der Waals surface area (Å²) in [6, 6.07) is 16.3. The van der Waals surface area contributed by atoms with Crippen molar-refractivity contribution < 1.29 is 19.8 Å². The van der Waals surface area contributed by atoms with Crippen molar-refractivity contribution in [2.24, 2.45) is 16.5 Å². The van der Waals surface area contributed by atoms with Gasteiger partial charge in [0.2, 0.25) is 0 Å². The van der Waals surface area contributed by atoms with Crippen LogP contribution in [0.25, 0.3) is 10.8 Å². The highest BCUT2D eigenvalue weighted by Gasteiger charge is 2.20. The molecule has 8 N–H and O–H groups in total. The Labute approximate surface area is 260 Å². The number of aliphatic imine (C=N–C) groups is 1. The minimum absolute atomic E-state index is 0.0868. The van der Waals surface area contributed by atoms with Crippen molar-refractivity contribution >= 4 is 34.8 Å². The molecule has 238 valence electrons. The molecule has 9 nitrogen and oxygen atoms in total. The van der Waals surface area contributed by atoms with Gasteiger partial charge in [0, 0.05) is 25.3 Å². The fraction of sp³-hybridized carbons (Fsp3) is 0.457. The maximum absolute atomic E-state index is 11.8. The quantitative estimate of drug-likeness (QED) is 0.0268. The third-order valence-electron chi connectivity index (χ3n) is 8.11. The van der Waals surface area contributed by atoms with Gasteiger partial charge < -0.3 is 36.8 Å². The van der Waals surface area contributed by atoms with Gasteiger partial charge in [0.25, 0.3) is 0 Å². The number of carboxylic acids is 1. The Balaban J connectivity index is 1.80. The number of benzene rings is 2. The number of aliphatic hydroxyl groups excluding tert-OH is 1. The first-order valence-electron chi connectivity index (χ1n) is 15.9. The Morgan fingerprint density at radius 1 is 0.909 bits per heavy atom. The van der Waals surface area contributed by atoms with Crippen molar-refractivity contribution in [3.8, 4) is 0 Å². The van der Waals surface area contributed by atoms with Crippen molar-refractivity contribution in [2.45, 2.75) is 89.0 Å². The summed E-state index contributed by atoms with van der Waals surface area (Å²) in [5, 5.41) is 24.3. The maximum atomic E-state index is 11.8. The number of nitrogens with one attached hydrogen (secondary N) is 2. The minimum atomic E-state index is -1.04. The molecular weight excluding hydrogens is 554 g/mol. The Hall–Kier alpha value is -4.11. The molecule has 0 spiro atoms. The van der Waals surface area contributed by atoms with Crippen LogP contribution in [-0.4, -0.2) is 52.6 Å². The van der Waals surface area contributed by atoms with Crippen molar-refractivity contribution in [3.63, 3.8) is 0 Å². The Kier molecular flexibility index (Phi) is 15.0. The van der Waals surface area contributed by atoms with Crippen LogP contribution in [-0.2, 0) is 16.0 Å². The van der Waals surface area contributed by atoms with Crippen molar-refractivity contribution in [3.05, 3.63) is 77.5 Å². The molecule has 0 radical (unpaired) electrons. The van der Waals surface area contributed by atoms with E-state index in [9.17, 15) is 14.7 Å². The molecule has 0 aliphatic carbocycles. The molecule has 0 unspecified atom stereocenters. The highest BCUT2D eigenvalue weighted by atomic mass is 16.4. The van der Waals surface area contributed by atoms with E-state index in [4.69, 9.17) is 16.6 Å². The number of nitrogens with zero attached hydrogens (tertiary/aromatic N) is 1. The number of carbonyl (C=O) groups excluding carboxylic acids is 1. The SMILES string of the molecule is NC(N)=NC/C(=C\C(=O)O)[C@H](CC[C@H](CCCCCCCCCCO)c1ccc2ccc(CC=O)cc2c1)Nc1ccc[nH]1. The summed E-state index contributed by atoms with van der Waals surface area (Å²) in [6.45, 7) is 0.364. The number of anilines is 1. The molecule has 3 rings (SSSR count). The highest BCUT2D eigenvalue weighted by molar-refractivity contribution is 5.84. The highest BCUT2D eigenvalue weighted by Crippen LogP contribution is 2.32. The van der Waals surface area contributed by atoms with E-state index in [-0.39, 0.29) is 31.1 Å². The van der Waals surface area contributed by atoms with Gasteiger partial charge in [-0.2, -0.15) is 0 Å². The van der Waals surface area contributed by atoms with Gasteiger partial charge in [-0.1, -0.05) is 81.3 Å². The van der Waals surface area contributed by atoms with E-state index in [2.05, 4.69) is 45.6 Å². The van der Waals surface area contributed by atoms with E-state index in [1.54, 1.807) is 0 Å². The zero-order chi connectivity index (χ0) is 31.6. The van der Waals surface area contributed by atoms with Gasteiger partial charge in [0.15, 0.2) is 5.96 Å². The van der Waals surface area contributed by atoms with E-state index in [1.807, 2.05) is 24.4 Å². The van der Waals surface area contributed by atoms with Crippen LogP contribution < -0.4 is 16.8 Å². The third-order valence-corrected chi connectivity index (χ3v) is 8.11. The standard InChI is InChI=1S/C35H49N5O4/c36-35(37)39-25-31(24-34(43)44)32(40-33-11-9-19-38-33)17-16-27(10-7-5-3-1-2-4-6-8-20-41)29-15-14-28-13-12-26(18-21-42)22-30(28)23-29/h9,11-15,19,21-24,27,32,38,40-41H,1-8,10,16-18,20,25H2,(H,43,44)(H4,36,37,39)/b31-24+/t27-,32-/m0/s1. The zero-order valence-corrected chi connectivity index (χ0v) is 25.7. The van der Waals surface area contributed by atoms with E-state index in [0.29, 0.717) is 18.4 Å². The minimum Gasteiger partial charge on any atom is -0.478 e. The number of aliphatic carboxylic acids is 1. The van der Waals surface area contributed by atoms with Crippen LogP contribution >= 0.6 is 0 Å². The van der Waals surface area contributed by atoms with E-state index < -0.39 is 5.97 Å². The first-order valence-corrected chi connectivity index (χ1v) is 15.9. The number of fused-ring (bicyclic) bond motifs is 1. The number of aromatic amines is 1. The predicted octanol–water partition coefficient (Wildman–Crippen LogP) is 6.04. The average molecular weight is 604 g/mol. The molecule has 1 heterocycles. The fourth-order valence-corrected chi connectivity index (χ4v) is 5.76. The summed E-state index contributed by atoms with van der Waals surface area (Å²) >= 11 is 0. The number of hydrogen-bond donors (Lipinski definition) is 6. The molecule has 0 aliphatic heterocycles. The number of carboxylic acid groups (broad SMARTS) is 1. The Bertz CT molecular complexity index is 1350. The van der Waals surface area contributed by atoms with Crippen molar-refractivity contribution in [1.82, 2.24) is 4.98 Å². The lowest BCUT2D eigenvalue weighted by Crippen LogP contribution is -2.28. The lowest BCUT2D eigenvalue weighted by molar-refractivity contribution is -0.131. The second-order valence-corrected chi connectivity index (χ2v) is 11.5. The van der Waals surface area contributed by atoms with Gasteiger partial charge in [0.05, 0.1) is 12.6 Å². The average Bonchev–Trinajstić information content (AvgIpc) is 3.52. The summed E-state index contributed by atoms with van der Waals surface area (Å²) in [6.07, 6.45) is 15.9. The summed E-state index contributed by atoms with van der Waals surface area (Å²) in [5.41, 5.74) is 14.0. The molecule has 0 fully saturated rings. The van der Waals surface area contributed by atoms with Crippen LogP contribution in [0.3, 0.4) is 0 Å². The largest absolute Gasteiger partial charge is 0.478 e. The molecule has 0 saturated carbocycles. The zero-order valence-electron chi connectivity index (χ0n) is 25.7. The number of rotatable bonds is 22. The first kappa shape index (κ1) is 34.4. The lowest BCUT2D eigenvalue weighted by atomic mass is 9.85. The number of H-pyrrole nitrogens is 1. The van der Waals surface area contributed by atoms with Gasteiger partial charge in [-0.15, -0.1) is 0 Å². The van der Waals surface area contributed by atoms with E-state index in [0.717, 1.165) is 67.0 Å². The van der Waals surface area contributed by atoms with Crippen LogP contribution in [0.2, 0.25) is 0 Å². The smallest absolute Gasteiger partial charge is 0.328 e. The molecule has 44 heavy (non-hydrogen) atoms. The normalized spacial score (nSPS) is 13.0. The number of aliphatic hydroxyl groups is 1. The maximum Gasteiger partial charge on any atom is 0.328 e. The molecule has 3 aromatic rings. The van der Waals surface area contributed by atoms with Gasteiger partial charge in [-0.3, -0.25) is 0 Å². The second-order valence-electron chi connectivity index (χ2n) is 11.5. The van der Waals surface area contributed by atoms with Crippen molar-refractivity contribution in [1.29, 1.82) is 0 Å².